The molecule has 0 saturated carbocycles. The summed E-state index contributed by atoms with van der Waals surface area (Å²) in [4.78, 5) is 67.4. The van der Waals surface area contributed by atoms with Gasteiger partial charge in [-0.3, -0.25) is 23.7 Å². The van der Waals surface area contributed by atoms with Crippen LogP contribution in [-0.2, 0) is 33.8 Å². The second kappa shape index (κ2) is 10.1. The van der Waals surface area contributed by atoms with Gasteiger partial charge < -0.3 is 15.0 Å². The van der Waals surface area contributed by atoms with E-state index in [0.29, 0.717) is 48.4 Å². The summed E-state index contributed by atoms with van der Waals surface area (Å²) < 4.78 is 7.93. The Morgan fingerprint density at radius 1 is 1.19 bits per heavy atom. The van der Waals surface area contributed by atoms with E-state index in [2.05, 4.69) is 5.32 Å². The van der Waals surface area contributed by atoms with E-state index in [0.717, 1.165) is 27.8 Å². The third-order valence-corrected chi connectivity index (χ3v) is 8.17. The first-order chi connectivity index (χ1) is 17.7. The van der Waals surface area contributed by atoms with Crippen LogP contribution in [0.1, 0.15) is 47.5 Å². The molecule has 194 valence electrons. The molecule has 1 unspecified atom stereocenters. The number of amides is 2. The summed E-state index contributed by atoms with van der Waals surface area (Å²) >= 11 is 1.27. The van der Waals surface area contributed by atoms with Crippen molar-refractivity contribution in [1.29, 1.82) is 0 Å². The fraction of sp³-hybridized carbons (Fsp3) is 0.423. The van der Waals surface area contributed by atoms with E-state index < -0.39 is 11.2 Å². The van der Waals surface area contributed by atoms with E-state index in [4.69, 9.17) is 4.74 Å². The monoisotopic (exact) mass is 524 g/mol. The lowest BCUT2D eigenvalue weighted by atomic mass is 10.1. The largest absolute Gasteiger partial charge is 0.376 e. The molecule has 0 radical (unpaired) electrons. The van der Waals surface area contributed by atoms with Crippen molar-refractivity contribution in [2.24, 2.45) is 0 Å². The first-order valence-electron chi connectivity index (χ1n) is 12.3. The highest BCUT2D eigenvalue weighted by Gasteiger charge is 2.28. The first-order valence-corrected chi connectivity index (χ1v) is 13.1. The van der Waals surface area contributed by atoms with Crippen LogP contribution in [0.25, 0.3) is 15.9 Å². The van der Waals surface area contributed by atoms with Gasteiger partial charge in [-0.1, -0.05) is 12.1 Å². The molecule has 10 nitrogen and oxygen atoms in total. The van der Waals surface area contributed by atoms with E-state index >= 15 is 0 Å². The van der Waals surface area contributed by atoms with E-state index in [1.54, 1.807) is 23.1 Å². The van der Waals surface area contributed by atoms with E-state index in [-0.39, 0.29) is 35.9 Å². The van der Waals surface area contributed by atoms with Crippen LogP contribution in [0.4, 0.5) is 0 Å². The van der Waals surface area contributed by atoms with Gasteiger partial charge in [-0.25, -0.2) is 9.36 Å². The maximum absolute atomic E-state index is 13.8. The standard InChI is InChI=1S/C26H28N4O6S/c1-15(31)17-5-3-6-18(11-17)30-24(34)23-20-8-9-28(16(2)32)13-21(20)37-25(23)29(26(30)35)14-22(33)27-12-19-7-4-10-36-19/h3,5-6,11,19H,4,7-10,12-14H2,1-2H3,(H,27,33). The molecule has 4 heterocycles. The van der Waals surface area contributed by atoms with Crippen LogP contribution in [-0.4, -0.2) is 57.4 Å². The second-order valence-electron chi connectivity index (χ2n) is 9.43. The van der Waals surface area contributed by atoms with Crippen molar-refractivity contribution in [2.75, 3.05) is 19.7 Å². The minimum Gasteiger partial charge on any atom is -0.376 e. The van der Waals surface area contributed by atoms with Crippen molar-refractivity contribution in [3.63, 3.8) is 0 Å². The van der Waals surface area contributed by atoms with Gasteiger partial charge in [-0.15, -0.1) is 11.3 Å². The summed E-state index contributed by atoms with van der Waals surface area (Å²) in [6, 6.07) is 6.35. The molecule has 37 heavy (non-hydrogen) atoms. The van der Waals surface area contributed by atoms with Crippen LogP contribution in [0.15, 0.2) is 33.9 Å². The molecule has 0 spiro atoms. The molecule has 2 aliphatic rings. The van der Waals surface area contributed by atoms with Crippen LogP contribution < -0.4 is 16.6 Å². The van der Waals surface area contributed by atoms with Crippen LogP contribution in [0.2, 0.25) is 0 Å². The minimum atomic E-state index is -0.660. The number of aromatic nitrogens is 2. The first kappa shape index (κ1) is 25.1. The van der Waals surface area contributed by atoms with Crippen molar-refractivity contribution < 1.29 is 19.1 Å². The van der Waals surface area contributed by atoms with Crippen molar-refractivity contribution in [1.82, 2.24) is 19.4 Å². The number of fused-ring (bicyclic) bond motifs is 3. The predicted molar refractivity (Wildman–Crippen MR) is 138 cm³/mol. The minimum absolute atomic E-state index is 0.0458. The highest BCUT2D eigenvalue weighted by atomic mass is 32.1. The zero-order valence-electron chi connectivity index (χ0n) is 20.7. The maximum atomic E-state index is 13.8. The Hall–Kier alpha value is -3.57. The number of carbonyl (C=O) groups is 3. The lowest BCUT2D eigenvalue weighted by Crippen LogP contribution is -2.42. The fourth-order valence-electron chi connectivity index (χ4n) is 4.94. The van der Waals surface area contributed by atoms with Gasteiger partial charge in [-0.05, 0) is 43.9 Å². The predicted octanol–water partition coefficient (Wildman–Crippen LogP) is 1.62. The van der Waals surface area contributed by atoms with E-state index in [9.17, 15) is 24.0 Å². The van der Waals surface area contributed by atoms with Gasteiger partial charge in [0.1, 0.15) is 11.4 Å². The smallest absolute Gasteiger partial charge is 0.337 e. The molecule has 0 aliphatic carbocycles. The van der Waals surface area contributed by atoms with Crippen molar-refractivity contribution in [2.45, 2.75) is 52.3 Å². The van der Waals surface area contributed by atoms with Crippen LogP contribution in [0, 0.1) is 0 Å². The number of nitrogens with zero attached hydrogens (tertiary/aromatic N) is 3. The summed E-state index contributed by atoms with van der Waals surface area (Å²) in [5, 5.41) is 3.22. The summed E-state index contributed by atoms with van der Waals surface area (Å²) in [6.45, 7) is 4.48. The molecule has 1 aromatic carbocycles. The average molecular weight is 525 g/mol. The SMILES string of the molecule is CC(=O)c1cccc(-n2c(=O)c3c4c(sc3n(CC(=O)NCC3CCCO3)c2=O)CN(C(C)=O)CC4)c1. The number of rotatable bonds is 6. The Kier molecular flexibility index (Phi) is 6.82. The van der Waals surface area contributed by atoms with Gasteiger partial charge >= 0.3 is 5.69 Å². The Balaban J connectivity index is 1.64. The summed E-state index contributed by atoms with van der Waals surface area (Å²) in [6.07, 6.45) is 2.24. The Labute approximate surface area is 216 Å². The third-order valence-electron chi connectivity index (χ3n) is 6.93. The molecule has 11 heteroatoms. The van der Waals surface area contributed by atoms with Gasteiger partial charge in [-0.2, -0.15) is 0 Å². The van der Waals surface area contributed by atoms with Gasteiger partial charge in [0.05, 0.1) is 23.7 Å². The number of ketones is 1. The molecular formula is C26H28N4O6S. The van der Waals surface area contributed by atoms with Gasteiger partial charge in [0.25, 0.3) is 5.56 Å². The molecular weight excluding hydrogens is 496 g/mol. The van der Waals surface area contributed by atoms with Crippen molar-refractivity contribution in [3.8, 4) is 5.69 Å². The normalized spacial score (nSPS) is 17.1. The molecule has 1 atom stereocenters. The number of Topliss-reactive ketones (excluding diaryl/α,β-unsaturated/α-hetero) is 1. The molecule has 2 aliphatic heterocycles. The molecule has 5 rings (SSSR count). The van der Waals surface area contributed by atoms with Crippen LogP contribution in [0.5, 0.6) is 0 Å². The van der Waals surface area contributed by atoms with Crippen LogP contribution >= 0.6 is 11.3 Å². The van der Waals surface area contributed by atoms with Crippen molar-refractivity contribution in [3.05, 3.63) is 61.1 Å². The van der Waals surface area contributed by atoms with Gasteiger partial charge in [0.15, 0.2) is 5.78 Å². The zero-order valence-corrected chi connectivity index (χ0v) is 21.6. The second-order valence-corrected chi connectivity index (χ2v) is 10.5. The maximum Gasteiger partial charge on any atom is 0.337 e. The number of thiophene rings is 1. The van der Waals surface area contributed by atoms with Crippen LogP contribution in [0.3, 0.4) is 0 Å². The number of nitrogens with one attached hydrogen (secondary N) is 1. The molecule has 3 aromatic rings. The fourth-order valence-corrected chi connectivity index (χ4v) is 6.28. The van der Waals surface area contributed by atoms with Gasteiger partial charge in [0, 0.05) is 37.1 Å². The molecule has 1 N–H and O–H groups in total. The molecule has 2 amide bonds. The molecule has 1 saturated heterocycles. The lowest BCUT2D eigenvalue weighted by molar-refractivity contribution is -0.129. The number of benzene rings is 1. The van der Waals surface area contributed by atoms with E-state index in [1.165, 1.54) is 35.8 Å². The summed E-state index contributed by atoms with van der Waals surface area (Å²) in [5.74, 6) is -0.618. The van der Waals surface area contributed by atoms with Crippen molar-refractivity contribution >= 4 is 39.2 Å². The number of carbonyl (C=O) groups excluding carboxylic acids is 3. The summed E-state index contributed by atoms with van der Waals surface area (Å²) in [7, 11) is 0. The lowest BCUT2D eigenvalue weighted by Gasteiger charge is -2.25. The molecule has 1 fully saturated rings. The highest BCUT2D eigenvalue weighted by molar-refractivity contribution is 7.18. The Morgan fingerprint density at radius 3 is 2.70 bits per heavy atom. The molecule has 0 bridgehead atoms. The number of ether oxygens (including phenoxy) is 1. The van der Waals surface area contributed by atoms with Gasteiger partial charge in [0.2, 0.25) is 11.8 Å². The molecule has 2 aromatic heterocycles. The average Bonchev–Trinajstić information content (AvgIpc) is 3.53. The zero-order chi connectivity index (χ0) is 26.3. The Morgan fingerprint density at radius 2 is 2.00 bits per heavy atom. The number of hydrogen-bond acceptors (Lipinski definition) is 7. The third kappa shape index (κ3) is 4.76. The Bertz CT molecular complexity index is 1530. The summed E-state index contributed by atoms with van der Waals surface area (Å²) in [5.41, 5.74) is 0.277. The quantitative estimate of drug-likeness (QED) is 0.490. The topological polar surface area (TPSA) is 120 Å². The number of hydrogen-bond donors (Lipinski definition) is 1. The van der Waals surface area contributed by atoms with E-state index in [1.807, 2.05) is 0 Å². The highest BCUT2D eigenvalue weighted by Crippen LogP contribution is 2.33.